The fourth-order valence-corrected chi connectivity index (χ4v) is 5.59. The lowest BCUT2D eigenvalue weighted by Crippen LogP contribution is -2.31. The van der Waals surface area contributed by atoms with Gasteiger partial charge in [0.2, 0.25) is 5.91 Å². The number of hydrogen-bond donors (Lipinski definition) is 0. The summed E-state index contributed by atoms with van der Waals surface area (Å²) in [5.74, 6) is 0.363. The third kappa shape index (κ3) is 3.07. The van der Waals surface area contributed by atoms with Crippen molar-refractivity contribution in [3.63, 3.8) is 0 Å². The zero-order valence-corrected chi connectivity index (χ0v) is 16.5. The second kappa shape index (κ2) is 7.12. The zero-order chi connectivity index (χ0) is 18.3. The zero-order valence-electron chi connectivity index (χ0n) is 14.9. The van der Waals surface area contributed by atoms with Crippen LogP contribution in [0.5, 0.6) is 0 Å². The number of thioether (sulfide) groups is 2. The molecule has 1 aromatic carbocycles. The number of carbonyl (C=O) groups is 1. The number of anilines is 1. The second-order valence-electron chi connectivity index (χ2n) is 6.56. The molecule has 2 aromatic rings. The largest absolute Gasteiger partial charge is 0.311 e. The number of rotatable bonds is 4. The Kier molecular flexibility index (Phi) is 4.84. The van der Waals surface area contributed by atoms with Gasteiger partial charge in [-0.05, 0) is 25.0 Å². The highest BCUT2D eigenvalue weighted by atomic mass is 32.2. The van der Waals surface area contributed by atoms with Gasteiger partial charge in [0, 0.05) is 30.4 Å². The summed E-state index contributed by atoms with van der Waals surface area (Å²) >= 11 is 2.99. The first-order chi connectivity index (χ1) is 12.6. The fourth-order valence-electron chi connectivity index (χ4n) is 3.52. The van der Waals surface area contributed by atoms with Crippen LogP contribution < -0.4 is 10.5 Å². The van der Waals surface area contributed by atoms with Crippen molar-refractivity contribution in [1.29, 1.82) is 0 Å². The fraction of sp³-hybridized carbons (Fsp3) is 0.421. The molecular weight excluding hydrogens is 366 g/mol. The summed E-state index contributed by atoms with van der Waals surface area (Å²) in [7, 11) is 0. The Balaban J connectivity index is 1.54. The minimum atomic E-state index is 0.0355. The molecular formula is C19H21N3O2S2. The first-order valence-electron chi connectivity index (χ1n) is 8.90. The number of hydrogen-bond acceptors (Lipinski definition) is 5. The van der Waals surface area contributed by atoms with Gasteiger partial charge >= 0.3 is 0 Å². The van der Waals surface area contributed by atoms with E-state index in [1.54, 1.807) is 16.3 Å². The van der Waals surface area contributed by atoms with Crippen molar-refractivity contribution in [3.8, 4) is 0 Å². The number of para-hydroxylation sites is 1. The summed E-state index contributed by atoms with van der Waals surface area (Å²) in [5, 5.41) is 1.05. The minimum Gasteiger partial charge on any atom is -0.311 e. The quantitative estimate of drug-likeness (QED) is 0.596. The van der Waals surface area contributed by atoms with Gasteiger partial charge < -0.3 is 4.90 Å². The van der Waals surface area contributed by atoms with E-state index in [0.717, 1.165) is 35.7 Å². The van der Waals surface area contributed by atoms with Crippen LogP contribution in [0.15, 0.2) is 39.1 Å². The van der Waals surface area contributed by atoms with Gasteiger partial charge in [0.1, 0.15) is 0 Å². The molecule has 1 aromatic heterocycles. The molecule has 0 spiro atoms. The minimum absolute atomic E-state index is 0.0355. The van der Waals surface area contributed by atoms with Gasteiger partial charge in [0.25, 0.3) is 5.56 Å². The third-order valence-corrected chi connectivity index (χ3v) is 6.97. The van der Waals surface area contributed by atoms with E-state index in [0.29, 0.717) is 22.7 Å². The van der Waals surface area contributed by atoms with Gasteiger partial charge in [-0.3, -0.25) is 14.2 Å². The number of carbonyl (C=O) groups excluding carboxylic acids is 1. The van der Waals surface area contributed by atoms with E-state index in [9.17, 15) is 9.59 Å². The van der Waals surface area contributed by atoms with Crippen molar-refractivity contribution in [3.05, 3.63) is 45.9 Å². The molecule has 26 heavy (non-hydrogen) atoms. The molecule has 1 amide bonds. The summed E-state index contributed by atoms with van der Waals surface area (Å²) in [6, 6.07) is 8.05. The van der Waals surface area contributed by atoms with E-state index < -0.39 is 0 Å². The summed E-state index contributed by atoms with van der Waals surface area (Å²) < 4.78 is 1.69. The van der Waals surface area contributed by atoms with Gasteiger partial charge in [0.15, 0.2) is 5.16 Å². The highest BCUT2D eigenvalue weighted by Crippen LogP contribution is 2.34. The first kappa shape index (κ1) is 17.7. The van der Waals surface area contributed by atoms with Crippen LogP contribution in [0, 0.1) is 0 Å². The van der Waals surface area contributed by atoms with Crippen LogP contribution in [0.1, 0.15) is 25.1 Å². The van der Waals surface area contributed by atoms with E-state index in [4.69, 9.17) is 4.98 Å². The van der Waals surface area contributed by atoms with Crippen LogP contribution in [-0.4, -0.2) is 33.0 Å². The van der Waals surface area contributed by atoms with Crippen LogP contribution in [0.2, 0.25) is 0 Å². The Hall–Kier alpha value is -1.73. The first-order valence-corrected chi connectivity index (χ1v) is 10.8. The van der Waals surface area contributed by atoms with E-state index in [1.165, 1.54) is 17.3 Å². The smallest absolute Gasteiger partial charge is 0.268 e. The Morgan fingerprint density at radius 1 is 1.38 bits per heavy atom. The molecule has 7 heteroatoms. The summed E-state index contributed by atoms with van der Waals surface area (Å²) in [4.78, 5) is 32.8. The SMILES string of the molecule is CCn1c(SCC(=O)N2CCc3ccccc32)nc2c(c1=O)S[C@H](C)C2. The lowest BCUT2D eigenvalue weighted by molar-refractivity contribution is -0.116. The molecule has 1 atom stereocenters. The number of aromatic nitrogens is 2. The van der Waals surface area contributed by atoms with Gasteiger partial charge in [-0.15, -0.1) is 11.8 Å². The summed E-state index contributed by atoms with van der Waals surface area (Å²) in [5.41, 5.74) is 3.16. The van der Waals surface area contributed by atoms with Crippen LogP contribution in [-0.2, 0) is 24.2 Å². The average molecular weight is 388 g/mol. The van der Waals surface area contributed by atoms with Crippen molar-refractivity contribution >= 4 is 35.1 Å². The van der Waals surface area contributed by atoms with Crippen molar-refractivity contribution < 1.29 is 4.79 Å². The molecule has 5 nitrogen and oxygen atoms in total. The maximum atomic E-state index is 12.7. The lowest BCUT2D eigenvalue weighted by atomic mass is 10.2. The molecule has 2 aliphatic heterocycles. The average Bonchev–Trinajstić information content (AvgIpc) is 3.23. The summed E-state index contributed by atoms with van der Waals surface area (Å²) in [6.07, 6.45) is 1.72. The monoisotopic (exact) mass is 387 g/mol. The molecule has 2 aliphatic rings. The number of nitrogens with zero attached hydrogens (tertiary/aromatic N) is 3. The topological polar surface area (TPSA) is 55.2 Å². The van der Waals surface area contributed by atoms with Crippen LogP contribution >= 0.6 is 23.5 Å². The molecule has 0 unspecified atom stereocenters. The molecule has 0 aliphatic carbocycles. The van der Waals surface area contributed by atoms with E-state index in [2.05, 4.69) is 13.0 Å². The molecule has 0 N–H and O–H groups in total. The normalized spacial score (nSPS) is 18.1. The van der Waals surface area contributed by atoms with Crippen molar-refractivity contribution in [2.75, 3.05) is 17.2 Å². The van der Waals surface area contributed by atoms with Crippen LogP contribution in [0.3, 0.4) is 0 Å². The van der Waals surface area contributed by atoms with Crippen molar-refractivity contribution in [2.45, 2.75) is 48.5 Å². The molecule has 0 fully saturated rings. The highest BCUT2D eigenvalue weighted by molar-refractivity contribution is 8.00. The molecule has 0 radical (unpaired) electrons. The van der Waals surface area contributed by atoms with Gasteiger partial charge in [-0.2, -0.15) is 0 Å². The van der Waals surface area contributed by atoms with E-state index in [1.807, 2.05) is 30.0 Å². The van der Waals surface area contributed by atoms with Crippen molar-refractivity contribution in [2.24, 2.45) is 0 Å². The van der Waals surface area contributed by atoms with Gasteiger partial charge in [-0.1, -0.05) is 36.9 Å². The summed E-state index contributed by atoms with van der Waals surface area (Å²) in [6.45, 7) is 5.35. The Labute approximate surface area is 161 Å². The number of fused-ring (bicyclic) bond motifs is 2. The Morgan fingerprint density at radius 3 is 3.00 bits per heavy atom. The predicted octanol–water partition coefficient (Wildman–Crippen LogP) is 2.98. The molecule has 0 bridgehead atoms. The third-order valence-electron chi connectivity index (χ3n) is 4.79. The highest BCUT2D eigenvalue weighted by Gasteiger charge is 2.27. The van der Waals surface area contributed by atoms with E-state index >= 15 is 0 Å². The Bertz CT molecular complexity index is 925. The Morgan fingerprint density at radius 2 is 2.19 bits per heavy atom. The van der Waals surface area contributed by atoms with Gasteiger partial charge in [-0.25, -0.2) is 4.98 Å². The number of amides is 1. The standard InChI is InChI=1S/C19H21N3O2S2/c1-3-21-18(24)17-14(10-12(2)26-17)20-19(21)25-11-16(23)22-9-8-13-6-4-5-7-15(13)22/h4-7,12H,3,8-11H2,1-2H3/t12-/m1/s1. The van der Waals surface area contributed by atoms with Crippen LogP contribution in [0.25, 0.3) is 0 Å². The second-order valence-corrected chi connectivity index (χ2v) is 8.96. The van der Waals surface area contributed by atoms with Crippen LogP contribution in [0.4, 0.5) is 5.69 Å². The van der Waals surface area contributed by atoms with Crippen molar-refractivity contribution in [1.82, 2.24) is 9.55 Å². The molecule has 3 heterocycles. The molecule has 136 valence electrons. The maximum absolute atomic E-state index is 12.7. The predicted molar refractivity (Wildman–Crippen MR) is 106 cm³/mol. The van der Waals surface area contributed by atoms with Gasteiger partial charge in [0.05, 0.1) is 16.3 Å². The molecule has 4 rings (SSSR count). The molecule has 0 saturated heterocycles. The number of benzene rings is 1. The lowest BCUT2D eigenvalue weighted by Gasteiger charge is -2.17. The maximum Gasteiger partial charge on any atom is 0.268 e. The van der Waals surface area contributed by atoms with E-state index in [-0.39, 0.29) is 11.5 Å². The molecule has 0 saturated carbocycles.